The molecular weight excluding hydrogens is 184 g/mol. The molecule has 0 aliphatic carbocycles. The topological polar surface area (TPSA) is 0 Å². The van der Waals surface area contributed by atoms with E-state index in [2.05, 4.69) is 25.5 Å². The molecule has 0 radical (unpaired) electrons. The van der Waals surface area contributed by atoms with Crippen LogP contribution in [0, 0.1) is 0 Å². The van der Waals surface area contributed by atoms with E-state index in [9.17, 15) is 0 Å². The Morgan fingerprint density at radius 3 is 2.25 bits per heavy atom. The predicted octanol–water partition coefficient (Wildman–Crippen LogP) is 4.52. The number of rotatable bonds is 7. The normalized spacial score (nSPS) is 9.92. The Kier molecular flexibility index (Phi) is 9.88. The molecule has 0 aliphatic heterocycles. The fourth-order valence-electron chi connectivity index (χ4n) is 1.04. The van der Waals surface area contributed by atoms with Gasteiger partial charge in [-0.25, -0.2) is 0 Å². The molecule has 0 aromatic rings. The lowest BCUT2D eigenvalue weighted by Crippen LogP contribution is -1.75. The van der Waals surface area contributed by atoms with E-state index in [-0.39, 0.29) is 0 Å². The molecule has 0 bridgehead atoms. The molecule has 0 heterocycles. The van der Waals surface area contributed by atoms with Crippen LogP contribution in [0.5, 0.6) is 0 Å². The molecule has 72 valence electrons. The van der Waals surface area contributed by atoms with E-state index in [1.54, 1.807) is 0 Å². The van der Waals surface area contributed by atoms with Gasteiger partial charge in [-0.15, -0.1) is 23.5 Å². The summed E-state index contributed by atoms with van der Waals surface area (Å²) in [6.45, 7) is 2.26. The third-order valence-electron chi connectivity index (χ3n) is 1.77. The molecule has 0 aromatic heterocycles. The van der Waals surface area contributed by atoms with Crippen LogP contribution in [0.1, 0.15) is 39.0 Å². The van der Waals surface area contributed by atoms with Crippen molar-refractivity contribution in [2.24, 2.45) is 0 Å². The van der Waals surface area contributed by atoms with E-state index in [1.165, 1.54) is 36.3 Å². The van der Waals surface area contributed by atoms with Crippen molar-refractivity contribution >= 4 is 23.5 Å². The Labute approximate surface area is 85.6 Å². The summed E-state index contributed by atoms with van der Waals surface area (Å²) in [7, 11) is 0. The lowest BCUT2D eigenvalue weighted by molar-refractivity contribution is 0.674. The van der Waals surface area contributed by atoms with Crippen LogP contribution in [0.25, 0.3) is 0 Å². The number of unbranched alkanes of at least 4 members (excludes halogenated alkanes) is 4. The Hall–Kier alpha value is 0.440. The molecule has 0 aliphatic rings. The number of thioether (sulfide) groups is 2. The second-order valence-corrected chi connectivity index (χ2v) is 4.74. The van der Waals surface area contributed by atoms with E-state index in [0.717, 1.165) is 0 Å². The maximum absolute atomic E-state index is 2.37. The van der Waals surface area contributed by atoms with Crippen LogP contribution in [-0.2, 0) is 0 Å². The van der Waals surface area contributed by atoms with E-state index < -0.39 is 0 Å². The maximum Gasteiger partial charge on any atom is 0.0355 e. The largest absolute Gasteiger partial charge is 0.123 e. The third-order valence-corrected chi connectivity index (χ3v) is 3.91. The first-order valence-corrected chi connectivity index (χ1v) is 7.08. The SMILES string of the molecule is CCCCCCC=C(SC)SC. The van der Waals surface area contributed by atoms with Crippen LogP contribution in [0.15, 0.2) is 10.3 Å². The van der Waals surface area contributed by atoms with Gasteiger partial charge in [0.2, 0.25) is 0 Å². The summed E-state index contributed by atoms with van der Waals surface area (Å²) in [6.07, 6.45) is 13.4. The van der Waals surface area contributed by atoms with Crippen LogP contribution in [-0.4, -0.2) is 12.5 Å². The van der Waals surface area contributed by atoms with Crippen LogP contribution >= 0.6 is 23.5 Å². The molecule has 0 rings (SSSR count). The molecule has 0 saturated carbocycles. The number of hydrogen-bond acceptors (Lipinski definition) is 2. The first kappa shape index (κ1) is 12.4. The molecule has 0 aromatic carbocycles. The van der Waals surface area contributed by atoms with Gasteiger partial charge in [0.25, 0.3) is 0 Å². The van der Waals surface area contributed by atoms with Crippen molar-refractivity contribution < 1.29 is 0 Å². The van der Waals surface area contributed by atoms with Crippen molar-refractivity contribution in [2.75, 3.05) is 12.5 Å². The minimum atomic E-state index is 1.26. The molecular formula is C10H20S2. The zero-order valence-electron chi connectivity index (χ0n) is 8.43. The fraction of sp³-hybridized carbons (Fsp3) is 0.800. The first-order valence-electron chi connectivity index (χ1n) is 4.63. The van der Waals surface area contributed by atoms with Gasteiger partial charge >= 0.3 is 0 Å². The molecule has 0 amide bonds. The van der Waals surface area contributed by atoms with Gasteiger partial charge in [0.15, 0.2) is 0 Å². The predicted molar refractivity (Wildman–Crippen MR) is 63.9 cm³/mol. The molecule has 12 heavy (non-hydrogen) atoms. The highest BCUT2D eigenvalue weighted by Gasteiger charge is 1.90. The van der Waals surface area contributed by atoms with Crippen LogP contribution in [0.2, 0.25) is 0 Å². The highest BCUT2D eigenvalue weighted by molar-refractivity contribution is 8.21. The maximum atomic E-state index is 2.37. The molecule has 0 atom stereocenters. The van der Waals surface area contributed by atoms with Crippen LogP contribution in [0.4, 0.5) is 0 Å². The van der Waals surface area contributed by atoms with Gasteiger partial charge in [0, 0.05) is 4.24 Å². The summed E-state index contributed by atoms with van der Waals surface area (Å²) in [5.41, 5.74) is 0. The summed E-state index contributed by atoms with van der Waals surface area (Å²) >= 11 is 3.72. The Morgan fingerprint density at radius 2 is 1.75 bits per heavy atom. The molecule has 0 saturated heterocycles. The number of hydrogen-bond donors (Lipinski definition) is 0. The van der Waals surface area contributed by atoms with E-state index in [4.69, 9.17) is 0 Å². The summed E-state index contributed by atoms with van der Waals surface area (Å²) < 4.78 is 1.46. The van der Waals surface area contributed by atoms with Gasteiger partial charge < -0.3 is 0 Å². The highest BCUT2D eigenvalue weighted by atomic mass is 32.2. The lowest BCUT2D eigenvalue weighted by Gasteiger charge is -1.99. The molecule has 2 heteroatoms. The van der Waals surface area contributed by atoms with Crippen LogP contribution < -0.4 is 0 Å². The van der Waals surface area contributed by atoms with Crippen molar-refractivity contribution in [2.45, 2.75) is 39.0 Å². The zero-order chi connectivity index (χ0) is 9.23. The second-order valence-electron chi connectivity index (χ2n) is 2.78. The smallest absolute Gasteiger partial charge is 0.0355 e. The fourth-order valence-corrected chi connectivity index (χ4v) is 2.28. The average Bonchev–Trinajstić information content (AvgIpc) is 2.11. The van der Waals surface area contributed by atoms with Crippen LogP contribution in [0.3, 0.4) is 0 Å². The van der Waals surface area contributed by atoms with Crippen molar-refractivity contribution in [3.05, 3.63) is 10.3 Å². The minimum Gasteiger partial charge on any atom is -0.123 e. The van der Waals surface area contributed by atoms with Gasteiger partial charge in [-0.3, -0.25) is 0 Å². The Bertz CT molecular complexity index is 113. The number of allylic oxidation sites excluding steroid dienone is 1. The second kappa shape index (κ2) is 9.53. The van der Waals surface area contributed by atoms with Gasteiger partial charge in [-0.1, -0.05) is 32.3 Å². The third kappa shape index (κ3) is 7.11. The summed E-state index contributed by atoms with van der Waals surface area (Å²) in [6, 6.07) is 0. The van der Waals surface area contributed by atoms with Crippen molar-refractivity contribution in [3.8, 4) is 0 Å². The monoisotopic (exact) mass is 204 g/mol. The molecule has 0 unspecified atom stereocenters. The summed E-state index contributed by atoms with van der Waals surface area (Å²) in [5.74, 6) is 0. The highest BCUT2D eigenvalue weighted by Crippen LogP contribution is 2.24. The van der Waals surface area contributed by atoms with Gasteiger partial charge in [0.05, 0.1) is 0 Å². The summed E-state index contributed by atoms with van der Waals surface area (Å²) in [5, 5.41) is 0. The standard InChI is InChI=1S/C10H20S2/c1-4-5-6-7-8-9-10(11-2)12-3/h9H,4-8H2,1-3H3. The van der Waals surface area contributed by atoms with Gasteiger partial charge in [-0.2, -0.15) is 0 Å². The average molecular weight is 204 g/mol. The minimum absolute atomic E-state index is 1.26. The van der Waals surface area contributed by atoms with Gasteiger partial charge in [-0.05, 0) is 25.4 Å². The Balaban J connectivity index is 3.31. The van der Waals surface area contributed by atoms with Crippen molar-refractivity contribution in [1.29, 1.82) is 0 Å². The first-order chi connectivity index (χ1) is 5.85. The Morgan fingerprint density at radius 1 is 1.08 bits per heavy atom. The lowest BCUT2D eigenvalue weighted by atomic mass is 10.2. The van der Waals surface area contributed by atoms with Gasteiger partial charge in [0.1, 0.15) is 0 Å². The summed E-state index contributed by atoms with van der Waals surface area (Å²) in [4.78, 5) is 0. The van der Waals surface area contributed by atoms with E-state index >= 15 is 0 Å². The zero-order valence-corrected chi connectivity index (χ0v) is 10.1. The molecule has 0 fully saturated rings. The van der Waals surface area contributed by atoms with E-state index in [0.29, 0.717) is 0 Å². The molecule has 0 nitrogen and oxygen atoms in total. The molecule has 0 spiro atoms. The van der Waals surface area contributed by atoms with Crippen molar-refractivity contribution in [3.63, 3.8) is 0 Å². The van der Waals surface area contributed by atoms with E-state index in [1.807, 2.05) is 23.5 Å². The molecule has 0 N–H and O–H groups in total. The quantitative estimate of drug-likeness (QED) is 0.559. The van der Waals surface area contributed by atoms with Crippen molar-refractivity contribution in [1.82, 2.24) is 0 Å².